The van der Waals surface area contributed by atoms with E-state index in [0.717, 1.165) is 11.3 Å². The highest BCUT2D eigenvalue weighted by Gasteiger charge is 2.04. The molecular weight excluding hydrogens is 216 g/mol. The molecule has 0 unspecified atom stereocenters. The first-order valence-corrected chi connectivity index (χ1v) is 5.88. The molecule has 2 aromatic heterocycles. The molecule has 0 aliphatic rings. The highest BCUT2D eigenvalue weighted by molar-refractivity contribution is 5.64. The number of rotatable bonds is 2. The quantitative estimate of drug-likeness (QED) is 0.873. The van der Waals surface area contributed by atoms with Gasteiger partial charge in [-0.1, -0.05) is 27.7 Å². The van der Waals surface area contributed by atoms with Crippen molar-refractivity contribution in [2.24, 2.45) is 0 Å². The lowest BCUT2D eigenvalue weighted by molar-refractivity contribution is 0.177. The minimum Gasteiger partial charge on any atom is -0.382 e. The molecule has 2 N–H and O–H groups in total. The molecule has 0 aromatic carbocycles. The number of ether oxygens (including phenoxy) is 1. The number of nitrogens with two attached hydrogens (primary N) is 1. The predicted octanol–water partition coefficient (Wildman–Crippen LogP) is 2.51. The summed E-state index contributed by atoms with van der Waals surface area (Å²) in [6.45, 7) is 8.47. The van der Waals surface area contributed by atoms with Crippen LogP contribution in [0.15, 0.2) is 18.6 Å². The minimum atomic E-state index is 0.470. The normalized spacial score (nSPS) is 9.00. The Kier molecular flexibility index (Phi) is 7.71. The monoisotopic (exact) mass is 238 g/mol. The maximum absolute atomic E-state index is 5.65. The number of methoxy groups -OCH3 is 1. The molecular formula is C12H22N4O. The van der Waals surface area contributed by atoms with Crippen LogP contribution in [0.2, 0.25) is 0 Å². The van der Waals surface area contributed by atoms with Crippen molar-refractivity contribution >= 4 is 11.3 Å². The largest absolute Gasteiger partial charge is 0.382 e. The molecule has 0 atom stereocenters. The average Bonchev–Trinajstić information content (AvgIpc) is 2.80. The molecule has 2 heterocycles. The molecule has 0 radical (unpaired) electrons. The van der Waals surface area contributed by atoms with Gasteiger partial charge in [-0.05, 0) is 0 Å². The summed E-state index contributed by atoms with van der Waals surface area (Å²) >= 11 is 0. The summed E-state index contributed by atoms with van der Waals surface area (Å²) in [5.41, 5.74) is 6.47. The number of hydrogen-bond acceptors (Lipinski definition) is 4. The topological polar surface area (TPSA) is 65.4 Å². The van der Waals surface area contributed by atoms with Crippen LogP contribution in [0.4, 0.5) is 5.82 Å². The second-order valence-corrected chi connectivity index (χ2v) is 2.68. The third-order valence-corrected chi connectivity index (χ3v) is 1.84. The molecule has 0 amide bonds. The molecule has 0 aliphatic carbocycles. The van der Waals surface area contributed by atoms with Crippen molar-refractivity contribution in [2.45, 2.75) is 34.3 Å². The van der Waals surface area contributed by atoms with Crippen LogP contribution in [-0.4, -0.2) is 21.5 Å². The summed E-state index contributed by atoms with van der Waals surface area (Å²) in [4.78, 5) is 8.12. The SMILES string of the molecule is CC.CC.COCc1ncc2c(N)nccn12. The number of aromatic nitrogens is 3. The zero-order chi connectivity index (χ0) is 13.3. The standard InChI is InChI=1S/C8H10N4O.2C2H6/c1-13-5-7-11-4-6-8(9)10-2-3-12(6)7;2*1-2/h2-4H,5H2,1H3,(H2,9,10);2*1-2H3. The third-order valence-electron chi connectivity index (χ3n) is 1.84. The molecule has 0 aliphatic heterocycles. The van der Waals surface area contributed by atoms with Crippen LogP contribution < -0.4 is 5.73 Å². The van der Waals surface area contributed by atoms with Crippen LogP contribution in [0, 0.1) is 0 Å². The van der Waals surface area contributed by atoms with Gasteiger partial charge in [0.1, 0.15) is 23.8 Å². The van der Waals surface area contributed by atoms with Gasteiger partial charge < -0.3 is 10.5 Å². The molecule has 17 heavy (non-hydrogen) atoms. The first-order valence-electron chi connectivity index (χ1n) is 5.88. The third kappa shape index (κ3) is 3.71. The molecule has 96 valence electrons. The van der Waals surface area contributed by atoms with Crippen molar-refractivity contribution in [3.05, 3.63) is 24.4 Å². The van der Waals surface area contributed by atoms with Gasteiger partial charge in [0.25, 0.3) is 0 Å². The molecule has 2 aromatic rings. The fourth-order valence-electron chi connectivity index (χ4n) is 1.24. The maximum Gasteiger partial charge on any atom is 0.149 e. The van der Waals surface area contributed by atoms with Gasteiger partial charge >= 0.3 is 0 Å². The summed E-state index contributed by atoms with van der Waals surface area (Å²) in [7, 11) is 1.63. The fourth-order valence-corrected chi connectivity index (χ4v) is 1.24. The van der Waals surface area contributed by atoms with Crippen molar-refractivity contribution in [3.8, 4) is 0 Å². The van der Waals surface area contributed by atoms with Crippen LogP contribution >= 0.6 is 0 Å². The van der Waals surface area contributed by atoms with Crippen molar-refractivity contribution < 1.29 is 4.74 Å². The van der Waals surface area contributed by atoms with E-state index in [2.05, 4.69) is 9.97 Å². The summed E-state index contributed by atoms with van der Waals surface area (Å²) in [5, 5.41) is 0. The molecule has 0 saturated heterocycles. The first-order chi connectivity index (χ1) is 8.33. The Morgan fingerprint density at radius 2 is 1.88 bits per heavy atom. The van der Waals surface area contributed by atoms with E-state index >= 15 is 0 Å². The fraction of sp³-hybridized carbons (Fsp3) is 0.500. The Morgan fingerprint density at radius 3 is 2.47 bits per heavy atom. The lowest BCUT2D eigenvalue weighted by Gasteiger charge is -2.00. The second-order valence-electron chi connectivity index (χ2n) is 2.68. The van der Waals surface area contributed by atoms with E-state index < -0.39 is 0 Å². The van der Waals surface area contributed by atoms with Crippen LogP contribution in [-0.2, 0) is 11.3 Å². The van der Waals surface area contributed by atoms with Crippen molar-refractivity contribution in [2.75, 3.05) is 12.8 Å². The van der Waals surface area contributed by atoms with E-state index in [-0.39, 0.29) is 0 Å². The predicted molar refractivity (Wildman–Crippen MR) is 70.8 cm³/mol. The number of hydrogen-bond donors (Lipinski definition) is 1. The Hall–Kier alpha value is -1.62. The Balaban J connectivity index is 0.000000581. The van der Waals surface area contributed by atoms with Crippen LogP contribution in [0.5, 0.6) is 0 Å². The summed E-state index contributed by atoms with van der Waals surface area (Å²) in [6, 6.07) is 0. The zero-order valence-corrected chi connectivity index (χ0v) is 11.3. The molecule has 5 heteroatoms. The van der Waals surface area contributed by atoms with Crippen LogP contribution in [0.25, 0.3) is 5.52 Å². The lowest BCUT2D eigenvalue weighted by Crippen LogP contribution is -1.99. The van der Waals surface area contributed by atoms with E-state index in [1.807, 2.05) is 38.3 Å². The number of fused-ring (bicyclic) bond motifs is 1. The lowest BCUT2D eigenvalue weighted by atomic mass is 10.5. The first kappa shape index (κ1) is 15.4. The molecule has 5 nitrogen and oxygen atoms in total. The van der Waals surface area contributed by atoms with E-state index in [4.69, 9.17) is 10.5 Å². The van der Waals surface area contributed by atoms with Crippen LogP contribution in [0.3, 0.4) is 0 Å². The summed E-state index contributed by atoms with van der Waals surface area (Å²) < 4.78 is 6.86. The molecule has 0 fully saturated rings. The van der Waals surface area contributed by atoms with Crippen LogP contribution in [0.1, 0.15) is 33.5 Å². The Labute approximate surface area is 103 Å². The van der Waals surface area contributed by atoms with E-state index in [1.165, 1.54) is 0 Å². The average molecular weight is 238 g/mol. The minimum absolute atomic E-state index is 0.470. The number of anilines is 1. The molecule has 0 bridgehead atoms. The second kappa shape index (κ2) is 8.52. The van der Waals surface area contributed by atoms with Crippen molar-refractivity contribution in [1.82, 2.24) is 14.4 Å². The van der Waals surface area contributed by atoms with Gasteiger partial charge in [-0.15, -0.1) is 0 Å². The van der Waals surface area contributed by atoms with E-state index in [9.17, 15) is 0 Å². The smallest absolute Gasteiger partial charge is 0.149 e. The van der Waals surface area contributed by atoms with Gasteiger partial charge in [0, 0.05) is 19.5 Å². The summed E-state index contributed by atoms with van der Waals surface area (Å²) in [5.74, 6) is 1.31. The zero-order valence-electron chi connectivity index (χ0n) is 11.3. The highest BCUT2D eigenvalue weighted by Crippen LogP contribution is 2.11. The Morgan fingerprint density at radius 1 is 1.24 bits per heavy atom. The van der Waals surface area contributed by atoms with E-state index in [0.29, 0.717) is 12.4 Å². The van der Waals surface area contributed by atoms with Gasteiger partial charge in [0.05, 0.1) is 6.20 Å². The molecule has 0 spiro atoms. The molecule has 2 rings (SSSR count). The van der Waals surface area contributed by atoms with Crippen molar-refractivity contribution in [3.63, 3.8) is 0 Å². The maximum atomic E-state index is 5.65. The van der Waals surface area contributed by atoms with Gasteiger partial charge in [-0.3, -0.25) is 4.40 Å². The number of imidazole rings is 1. The molecule has 0 saturated carbocycles. The van der Waals surface area contributed by atoms with E-state index in [1.54, 1.807) is 19.5 Å². The van der Waals surface area contributed by atoms with Gasteiger partial charge in [-0.2, -0.15) is 0 Å². The van der Waals surface area contributed by atoms with Gasteiger partial charge in [-0.25, -0.2) is 9.97 Å². The summed E-state index contributed by atoms with van der Waals surface area (Å²) in [6.07, 6.45) is 5.15. The highest BCUT2D eigenvalue weighted by atomic mass is 16.5. The van der Waals surface area contributed by atoms with Crippen molar-refractivity contribution in [1.29, 1.82) is 0 Å². The number of nitrogens with zero attached hydrogens (tertiary/aromatic N) is 3. The van der Waals surface area contributed by atoms with Gasteiger partial charge in [0.2, 0.25) is 0 Å². The Bertz CT molecular complexity index is 425. The number of nitrogen functional groups attached to an aromatic ring is 1. The van der Waals surface area contributed by atoms with Gasteiger partial charge in [0.15, 0.2) is 0 Å².